The smallest absolute Gasteiger partial charge is 0.221 e. The van der Waals surface area contributed by atoms with E-state index in [0.717, 1.165) is 0 Å². The first-order chi connectivity index (χ1) is 9.29. The fourth-order valence-corrected chi connectivity index (χ4v) is 2.95. The number of amides is 1. The molecule has 1 rings (SSSR count). The van der Waals surface area contributed by atoms with E-state index in [1.165, 1.54) is 4.90 Å². The van der Waals surface area contributed by atoms with Crippen LogP contribution in [-0.4, -0.2) is 56.6 Å². The van der Waals surface area contributed by atoms with E-state index in [-0.39, 0.29) is 24.9 Å². The van der Waals surface area contributed by atoms with Gasteiger partial charge < -0.3 is 26.3 Å². The Morgan fingerprint density at radius 3 is 2.38 bits per heavy atom. The Kier molecular flexibility index (Phi) is 8.64. The van der Waals surface area contributed by atoms with Crippen molar-refractivity contribution in [3.8, 4) is 0 Å². The number of halogens is 1. The van der Waals surface area contributed by atoms with E-state index in [1.54, 1.807) is 5.48 Å². The number of nitrogens with one attached hydrogen (secondary N) is 1. The van der Waals surface area contributed by atoms with Gasteiger partial charge in [-0.05, 0) is 18.8 Å². The van der Waals surface area contributed by atoms with E-state index >= 15 is 0 Å². The predicted octanol–water partition coefficient (Wildman–Crippen LogP) is -1.19. The largest absolute Gasteiger partial charge is 0.378 e. The molecule has 0 unspecified atom stereocenters. The second-order valence-corrected chi connectivity index (χ2v) is 5.65. The number of carbonyl (C=O) groups excluding carboxylic acids is 1. The molecule has 1 fully saturated rings. The monoisotopic (exact) mass is 327 g/mol. The van der Waals surface area contributed by atoms with E-state index < -0.39 is 36.4 Å². The van der Waals surface area contributed by atoms with Crippen LogP contribution >= 0.6 is 12.4 Å². The summed E-state index contributed by atoms with van der Waals surface area (Å²) in [6.07, 6.45) is -2.53. The third-order valence-corrected chi connectivity index (χ3v) is 3.90. The van der Waals surface area contributed by atoms with Crippen molar-refractivity contribution < 1.29 is 25.3 Å². The topological polar surface area (TPSA) is 139 Å². The van der Waals surface area contributed by atoms with Crippen molar-refractivity contribution >= 4 is 18.3 Å². The number of aliphatic hydroxyl groups excluding tert-OH is 3. The lowest BCUT2D eigenvalue weighted by molar-refractivity contribution is -0.189. The molecule has 0 aromatic rings. The lowest BCUT2D eigenvalue weighted by Crippen LogP contribution is -2.58. The molecule has 1 aliphatic heterocycles. The van der Waals surface area contributed by atoms with Gasteiger partial charge in [0.25, 0.3) is 0 Å². The molecule has 0 spiro atoms. The van der Waals surface area contributed by atoms with Crippen LogP contribution in [0.15, 0.2) is 0 Å². The summed E-state index contributed by atoms with van der Waals surface area (Å²) < 4.78 is 0. The van der Waals surface area contributed by atoms with Crippen LogP contribution in [0.1, 0.15) is 26.7 Å². The minimum atomic E-state index is -1.30. The van der Waals surface area contributed by atoms with Crippen molar-refractivity contribution in [3.05, 3.63) is 0 Å². The number of hydroxylamine groups is 1. The van der Waals surface area contributed by atoms with E-state index in [1.807, 2.05) is 13.8 Å². The van der Waals surface area contributed by atoms with Gasteiger partial charge in [-0.25, -0.2) is 4.90 Å². The van der Waals surface area contributed by atoms with Crippen molar-refractivity contribution in [3.63, 3.8) is 0 Å². The lowest BCUT2D eigenvalue weighted by atomic mass is 9.77. The van der Waals surface area contributed by atoms with E-state index in [9.17, 15) is 20.1 Å². The molecule has 21 heavy (non-hydrogen) atoms. The van der Waals surface area contributed by atoms with Gasteiger partial charge in [-0.2, -0.15) is 5.48 Å². The Morgan fingerprint density at radius 1 is 1.38 bits per heavy atom. The molecule has 126 valence electrons. The molecule has 9 heteroatoms. The Bertz CT molecular complexity index is 334. The van der Waals surface area contributed by atoms with Gasteiger partial charge in [0.2, 0.25) is 5.91 Å². The number of piperidine rings is 1. The minimum absolute atomic E-state index is 0. The zero-order valence-electron chi connectivity index (χ0n) is 12.2. The fraction of sp³-hybridized carbons (Fsp3) is 0.917. The molecule has 0 aliphatic carbocycles. The summed E-state index contributed by atoms with van der Waals surface area (Å²) in [5.74, 6) is -1.45. The van der Waals surface area contributed by atoms with Gasteiger partial charge in [0.15, 0.2) is 0 Å². The molecule has 1 aliphatic rings. The molecule has 1 saturated heterocycles. The highest BCUT2D eigenvalue weighted by Gasteiger charge is 2.42. The Labute approximate surface area is 130 Å². The van der Waals surface area contributed by atoms with Crippen LogP contribution < -0.4 is 11.2 Å². The van der Waals surface area contributed by atoms with Crippen molar-refractivity contribution in [1.29, 1.82) is 0 Å². The van der Waals surface area contributed by atoms with Crippen LogP contribution in [0.3, 0.4) is 0 Å². The summed E-state index contributed by atoms with van der Waals surface area (Å²) in [6, 6.07) is 0. The van der Waals surface area contributed by atoms with Crippen molar-refractivity contribution in [1.82, 2.24) is 10.4 Å². The summed E-state index contributed by atoms with van der Waals surface area (Å²) >= 11 is 0. The first kappa shape index (κ1) is 20.5. The molecule has 0 bridgehead atoms. The van der Waals surface area contributed by atoms with E-state index in [4.69, 9.17) is 10.9 Å². The van der Waals surface area contributed by atoms with Crippen LogP contribution in [0.25, 0.3) is 0 Å². The zero-order valence-corrected chi connectivity index (χ0v) is 13.0. The molecule has 0 aromatic carbocycles. The third-order valence-electron chi connectivity index (χ3n) is 3.90. The van der Waals surface area contributed by atoms with Gasteiger partial charge in [-0.15, -0.1) is 12.4 Å². The van der Waals surface area contributed by atoms with Crippen molar-refractivity contribution in [2.45, 2.75) is 45.4 Å². The molecule has 0 aromatic heterocycles. The molecule has 8 nitrogen and oxygen atoms in total. The first-order valence-corrected chi connectivity index (χ1v) is 6.78. The fourth-order valence-electron chi connectivity index (χ4n) is 2.95. The Morgan fingerprint density at radius 2 is 1.95 bits per heavy atom. The SMILES string of the molecule is CC(C)[C@H](C(N)=O)[C@@H]1CC[C@H](O)N(C[C@H](O)NO)[C@H]1O.Cl. The average molecular weight is 328 g/mol. The number of β-amino-alcohol motifs (C(OH)–C–C–N with tert-alkyl or cyclic N) is 1. The minimum Gasteiger partial charge on any atom is -0.378 e. The number of hydrogen-bond acceptors (Lipinski definition) is 7. The molecule has 7 N–H and O–H groups in total. The second kappa shape index (κ2) is 8.84. The quantitative estimate of drug-likeness (QED) is 0.266. The highest BCUT2D eigenvalue weighted by Crippen LogP contribution is 2.34. The highest BCUT2D eigenvalue weighted by molar-refractivity contribution is 5.85. The molecular formula is C12H26ClN3O5. The van der Waals surface area contributed by atoms with Crippen LogP contribution in [0.5, 0.6) is 0 Å². The standard InChI is InChI=1S/C12H25N3O5.ClH/c1-6(2)10(11(13)18)7-3-4-9(17)15(12(7)19)5-8(16)14-20;/h6-10,12,14,16-17,19-20H,3-5H2,1-2H3,(H2,13,18);1H/t7-,8-,9-,10-,12-;/m0./s1. The Balaban J connectivity index is 0.00000400. The number of nitrogens with zero attached hydrogens (tertiary/aromatic N) is 1. The summed E-state index contributed by atoms with van der Waals surface area (Å²) in [5.41, 5.74) is 7.05. The maximum atomic E-state index is 11.6. The zero-order chi connectivity index (χ0) is 15.4. The van der Waals surface area contributed by atoms with Crippen LogP contribution in [0, 0.1) is 17.8 Å². The maximum absolute atomic E-state index is 11.6. The molecule has 0 saturated carbocycles. The summed E-state index contributed by atoms with van der Waals surface area (Å²) in [4.78, 5) is 12.8. The van der Waals surface area contributed by atoms with Gasteiger partial charge in [0, 0.05) is 18.4 Å². The normalized spacial score (nSPS) is 29.8. The first-order valence-electron chi connectivity index (χ1n) is 6.78. The highest BCUT2D eigenvalue weighted by atomic mass is 35.5. The van der Waals surface area contributed by atoms with Gasteiger partial charge in [-0.3, -0.25) is 4.79 Å². The molecule has 0 radical (unpaired) electrons. The number of aliphatic hydroxyl groups is 3. The third kappa shape index (κ3) is 5.03. The van der Waals surface area contributed by atoms with E-state index in [0.29, 0.717) is 12.8 Å². The number of primary amides is 1. The number of nitrogens with two attached hydrogens (primary N) is 1. The van der Waals surface area contributed by atoms with Gasteiger partial charge in [0.05, 0.1) is 0 Å². The maximum Gasteiger partial charge on any atom is 0.221 e. The van der Waals surface area contributed by atoms with Gasteiger partial charge in [0.1, 0.15) is 18.7 Å². The summed E-state index contributed by atoms with van der Waals surface area (Å²) in [7, 11) is 0. The van der Waals surface area contributed by atoms with Gasteiger partial charge >= 0.3 is 0 Å². The van der Waals surface area contributed by atoms with Crippen molar-refractivity contribution in [2.75, 3.05) is 6.54 Å². The van der Waals surface area contributed by atoms with Crippen LogP contribution in [0.4, 0.5) is 0 Å². The summed E-state index contributed by atoms with van der Waals surface area (Å²) in [6.45, 7) is 3.53. The summed E-state index contributed by atoms with van der Waals surface area (Å²) in [5, 5.41) is 38.2. The number of carbonyl (C=O) groups is 1. The molecule has 5 atom stereocenters. The van der Waals surface area contributed by atoms with Gasteiger partial charge in [-0.1, -0.05) is 13.8 Å². The number of hydrogen-bond donors (Lipinski definition) is 6. The molecular weight excluding hydrogens is 302 g/mol. The Hall–Kier alpha value is -0.480. The van der Waals surface area contributed by atoms with Crippen LogP contribution in [-0.2, 0) is 4.79 Å². The second-order valence-electron chi connectivity index (χ2n) is 5.65. The number of likely N-dealkylation sites (tertiary alicyclic amines) is 1. The van der Waals surface area contributed by atoms with Crippen molar-refractivity contribution in [2.24, 2.45) is 23.5 Å². The average Bonchev–Trinajstić information content (AvgIpc) is 2.36. The van der Waals surface area contributed by atoms with E-state index in [2.05, 4.69) is 0 Å². The predicted molar refractivity (Wildman–Crippen MR) is 77.1 cm³/mol. The van der Waals surface area contributed by atoms with Crippen LogP contribution in [0.2, 0.25) is 0 Å². The molecule has 1 heterocycles. The lowest BCUT2D eigenvalue weighted by Gasteiger charge is -2.44. The molecule has 1 amide bonds. The number of rotatable bonds is 6.